The average molecular weight is 504 g/mol. The topological polar surface area (TPSA) is 85.3 Å². The zero-order valence-corrected chi connectivity index (χ0v) is 21.9. The van der Waals surface area contributed by atoms with Crippen LogP contribution in [0.15, 0.2) is 36.4 Å². The minimum atomic E-state index is -1.59. The molecule has 1 heterocycles. The molecule has 1 aliphatic heterocycles. The number of carbonyl (C=O) groups excluding carboxylic acids is 1. The number of aliphatic carboxylic acids is 1. The molecule has 0 bridgehead atoms. The van der Waals surface area contributed by atoms with Gasteiger partial charge in [0, 0.05) is 34.4 Å². The first-order chi connectivity index (χ1) is 16.4. The van der Waals surface area contributed by atoms with Gasteiger partial charge in [-0.1, -0.05) is 39.3 Å². The molecule has 0 radical (unpaired) electrons. The standard InChI is InChI=1S/C27H34ClNO6/c1-7-27(15-23(30)31)25(32)29(16-26(3,4)5)21-12-9-17(28)13-20(21)24(35-27)19-11-10-18(34-8-2)14-22(19)33-6/h9-14,24H,7-8,15-16H2,1-6H3,(H,30,31). The number of carbonyl (C=O) groups is 2. The second-order valence-electron chi connectivity index (χ2n) is 9.91. The summed E-state index contributed by atoms with van der Waals surface area (Å²) in [5, 5.41) is 10.3. The smallest absolute Gasteiger partial charge is 0.306 e. The Morgan fingerprint density at radius 1 is 1.17 bits per heavy atom. The number of ether oxygens (including phenoxy) is 3. The van der Waals surface area contributed by atoms with Gasteiger partial charge in [-0.25, -0.2) is 0 Å². The number of carboxylic acids is 1. The quantitative estimate of drug-likeness (QED) is 0.485. The van der Waals surface area contributed by atoms with Crippen molar-refractivity contribution in [3.63, 3.8) is 0 Å². The summed E-state index contributed by atoms with van der Waals surface area (Å²) in [7, 11) is 1.55. The van der Waals surface area contributed by atoms with Crippen molar-refractivity contribution in [3.05, 3.63) is 52.5 Å². The lowest BCUT2D eigenvalue weighted by molar-refractivity contribution is -0.162. The molecule has 1 amide bonds. The first-order valence-corrected chi connectivity index (χ1v) is 12.1. The molecule has 0 aromatic heterocycles. The van der Waals surface area contributed by atoms with Crippen molar-refractivity contribution in [2.45, 2.75) is 59.2 Å². The molecule has 3 rings (SSSR count). The lowest BCUT2D eigenvalue weighted by Crippen LogP contribution is -2.52. The molecule has 1 N–H and O–H groups in total. The van der Waals surface area contributed by atoms with Gasteiger partial charge in [0.05, 0.1) is 20.1 Å². The van der Waals surface area contributed by atoms with Gasteiger partial charge in [-0.05, 0) is 49.1 Å². The summed E-state index contributed by atoms with van der Waals surface area (Å²) >= 11 is 6.42. The van der Waals surface area contributed by atoms with E-state index in [1.165, 1.54) is 0 Å². The summed E-state index contributed by atoms with van der Waals surface area (Å²) < 4.78 is 17.9. The Bertz CT molecular complexity index is 1100. The summed E-state index contributed by atoms with van der Waals surface area (Å²) in [6.45, 7) is 10.6. The fraction of sp³-hybridized carbons (Fsp3) is 0.481. The Morgan fingerprint density at radius 2 is 1.89 bits per heavy atom. The summed E-state index contributed by atoms with van der Waals surface area (Å²) in [5.41, 5.74) is 0.102. The molecule has 2 unspecified atom stereocenters. The minimum absolute atomic E-state index is 0.177. The lowest BCUT2D eigenvalue weighted by atomic mass is 9.91. The number of hydrogen-bond donors (Lipinski definition) is 1. The van der Waals surface area contributed by atoms with E-state index in [9.17, 15) is 14.7 Å². The Morgan fingerprint density at radius 3 is 2.46 bits per heavy atom. The molecule has 2 aromatic rings. The van der Waals surface area contributed by atoms with Gasteiger partial charge in [0.1, 0.15) is 17.6 Å². The molecule has 0 saturated carbocycles. The van der Waals surface area contributed by atoms with E-state index >= 15 is 0 Å². The maximum absolute atomic E-state index is 14.1. The van der Waals surface area contributed by atoms with Crippen molar-refractivity contribution in [2.75, 3.05) is 25.2 Å². The molecule has 35 heavy (non-hydrogen) atoms. The van der Waals surface area contributed by atoms with E-state index in [0.29, 0.717) is 46.5 Å². The SMILES string of the molecule is CCOc1ccc(C2OC(CC)(CC(=O)O)C(=O)N(CC(C)(C)C)c3ccc(Cl)cc32)c(OC)c1. The van der Waals surface area contributed by atoms with E-state index in [-0.39, 0.29) is 17.7 Å². The Labute approximate surface area is 211 Å². The zero-order chi connectivity index (χ0) is 26.0. The molecular weight excluding hydrogens is 470 g/mol. The molecule has 190 valence electrons. The Balaban J connectivity index is 2.32. The van der Waals surface area contributed by atoms with Crippen molar-refractivity contribution in [3.8, 4) is 11.5 Å². The molecule has 2 aromatic carbocycles. The van der Waals surface area contributed by atoms with Crippen molar-refractivity contribution in [2.24, 2.45) is 5.41 Å². The van der Waals surface area contributed by atoms with Crippen LogP contribution in [0.2, 0.25) is 5.02 Å². The highest BCUT2D eigenvalue weighted by molar-refractivity contribution is 6.30. The minimum Gasteiger partial charge on any atom is -0.496 e. The lowest BCUT2D eigenvalue weighted by Gasteiger charge is -2.36. The molecule has 2 atom stereocenters. The fourth-order valence-corrected chi connectivity index (χ4v) is 4.60. The van der Waals surface area contributed by atoms with Gasteiger partial charge in [-0.15, -0.1) is 0 Å². The zero-order valence-electron chi connectivity index (χ0n) is 21.2. The molecule has 8 heteroatoms. The van der Waals surface area contributed by atoms with Crippen LogP contribution in [0, 0.1) is 5.41 Å². The Kier molecular flexibility index (Phi) is 8.02. The maximum atomic E-state index is 14.1. The number of fused-ring (bicyclic) bond motifs is 1. The van der Waals surface area contributed by atoms with Crippen LogP contribution in [0.25, 0.3) is 0 Å². The Hall–Kier alpha value is -2.77. The summed E-state index contributed by atoms with van der Waals surface area (Å²) in [6.07, 6.45) is -1.10. The summed E-state index contributed by atoms with van der Waals surface area (Å²) in [6, 6.07) is 10.7. The van der Waals surface area contributed by atoms with Crippen LogP contribution < -0.4 is 14.4 Å². The predicted octanol–water partition coefficient (Wildman–Crippen LogP) is 5.87. The number of nitrogens with zero attached hydrogens (tertiary/aromatic N) is 1. The first-order valence-electron chi connectivity index (χ1n) is 11.8. The van der Waals surface area contributed by atoms with Gasteiger partial charge >= 0.3 is 5.97 Å². The van der Waals surface area contributed by atoms with Gasteiger partial charge in [0.15, 0.2) is 5.60 Å². The fourth-order valence-electron chi connectivity index (χ4n) is 4.42. The molecule has 7 nitrogen and oxygen atoms in total. The maximum Gasteiger partial charge on any atom is 0.306 e. The summed E-state index contributed by atoms with van der Waals surface area (Å²) in [4.78, 5) is 27.7. The normalized spacial score (nSPS) is 20.3. The summed E-state index contributed by atoms with van der Waals surface area (Å²) in [5.74, 6) is -0.361. The van der Waals surface area contributed by atoms with Crippen LogP contribution in [0.1, 0.15) is 64.7 Å². The van der Waals surface area contributed by atoms with E-state index in [2.05, 4.69) is 0 Å². The van der Waals surface area contributed by atoms with Crippen LogP contribution in [0.3, 0.4) is 0 Å². The van der Waals surface area contributed by atoms with Gasteiger partial charge in [0.2, 0.25) is 0 Å². The highest BCUT2D eigenvalue weighted by Crippen LogP contribution is 2.47. The van der Waals surface area contributed by atoms with Crippen LogP contribution in [0.5, 0.6) is 11.5 Å². The number of hydrogen-bond acceptors (Lipinski definition) is 5. The first kappa shape index (κ1) is 26.8. The van der Waals surface area contributed by atoms with Crippen molar-refractivity contribution in [1.29, 1.82) is 0 Å². The van der Waals surface area contributed by atoms with Crippen LogP contribution >= 0.6 is 11.6 Å². The average Bonchev–Trinajstić information content (AvgIpc) is 2.87. The van der Waals surface area contributed by atoms with E-state index < -0.39 is 24.1 Å². The van der Waals surface area contributed by atoms with Gasteiger partial charge < -0.3 is 24.2 Å². The second kappa shape index (κ2) is 10.5. The number of carboxylic acid groups (broad SMARTS) is 1. The highest BCUT2D eigenvalue weighted by atomic mass is 35.5. The number of halogens is 1. The molecule has 0 saturated heterocycles. The van der Waals surface area contributed by atoms with Crippen molar-refractivity contribution >= 4 is 29.2 Å². The van der Waals surface area contributed by atoms with E-state index in [1.54, 1.807) is 49.3 Å². The number of anilines is 1. The van der Waals surface area contributed by atoms with Crippen molar-refractivity contribution < 1.29 is 28.9 Å². The third-order valence-electron chi connectivity index (χ3n) is 5.98. The van der Waals surface area contributed by atoms with Gasteiger partial charge in [0.25, 0.3) is 5.91 Å². The monoisotopic (exact) mass is 503 g/mol. The third-order valence-corrected chi connectivity index (χ3v) is 6.22. The van der Waals surface area contributed by atoms with E-state index in [0.717, 1.165) is 0 Å². The number of benzene rings is 2. The second-order valence-corrected chi connectivity index (χ2v) is 10.3. The van der Waals surface area contributed by atoms with Gasteiger partial charge in [-0.3, -0.25) is 9.59 Å². The van der Waals surface area contributed by atoms with Crippen LogP contribution in [-0.4, -0.2) is 42.8 Å². The number of methoxy groups -OCH3 is 1. The molecule has 0 spiro atoms. The molecule has 0 fully saturated rings. The van der Waals surface area contributed by atoms with Gasteiger partial charge in [-0.2, -0.15) is 0 Å². The van der Waals surface area contributed by atoms with Crippen LogP contribution in [0.4, 0.5) is 5.69 Å². The molecular formula is C27H34ClNO6. The van der Waals surface area contributed by atoms with Crippen LogP contribution in [-0.2, 0) is 14.3 Å². The largest absolute Gasteiger partial charge is 0.496 e. The third kappa shape index (κ3) is 5.73. The van der Waals surface area contributed by atoms with Crippen molar-refractivity contribution in [1.82, 2.24) is 0 Å². The highest BCUT2D eigenvalue weighted by Gasteiger charge is 2.49. The van der Waals surface area contributed by atoms with E-state index in [1.807, 2.05) is 33.8 Å². The molecule has 1 aliphatic rings. The van der Waals surface area contributed by atoms with E-state index in [4.69, 9.17) is 25.8 Å². The number of rotatable bonds is 8. The molecule has 0 aliphatic carbocycles. The number of amides is 1. The predicted molar refractivity (Wildman–Crippen MR) is 136 cm³/mol.